The maximum Gasteiger partial charge on any atom is 0.193 e. The molecule has 0 aliphatic carbocycles. The zero-order valence-corrected chi connectivity index (χ0v) is 18.6. The lowest BCUT2D eigenvalue weighted by molar-refractivity contribution is 0.259. The van der Waals surface area contributed by atoms with Crippen LogP contribution in [-0.4, -0.2) is 73.3 Å². The van der Waals surface area contributed by atoms with Gasteiger partial charge in [0.2, 0.25) is 0 Å². The standard InChI is InChI=1S/C20H30N4O2.HI/c1-3-21-20(24-13-9-17(15-24)23-11-4-5-12-23)22-10-8-16-6-7-18(25)19(14-16)26-2;/h4-7,14,17,25H,3,8-13,15H2,1-2H3,(H,21,22);1H. The predicted octanol–water partition coefficient (Wildman–Crippen LogP) is 2.47. The van der Waals surface area contributed by atoms with Gasteiger partial charge in [-0.2, -0.15) is 0 Å². The number of hydrogen-bond acceptors (Lipinski definition) is 4. The number of halogens is 1. The lowest BCUT2D eigenvalue weighted by atomic mass is 10.1. The summed E-state index contributed by atoms with van der Waals surface area (Å²) >= 11 is 0. The summed E-state index contributed by atoms with van der Waals surface area (Å²) in [6.07, 6.45) is 6.53. The Hall–Kier alpha value is -1.48. The highest BCUT2D eigenvalue weighted by molar-refractivity contribution is 14.0. The van der Waals surface area contributed by atoms with E-state index in [2.05, 4.69) is 34.2 Å². The first-order chi connectivity index (χ1) is 12.7. The van der Waals surface area contributed by atoms with Crippen LogP contribution in [0.4, 0.5) is 0 Å². The van der Waals surface area contributed by atoms with Crippen molar-refractivity contribution in [3.05, 3.63) is 35.9 Å². The third kappa shape index (κ3) is 5.75. The molecule has 0 bridgehead atoms. The second kappa shape index (κ2) is 10.8. The third-order valence-electron chi connectivity index (χ3n) is 5.07. The normalized spacial score (nSPS) is 20.0. The molecule has 1 fully saturated rings. The summed E-state index contributed by atoms with van der Waals surface area (Å²) in [5.41, 5.74) is 1.11. The first-order valence-corrected chi connectivity index (χ1v) is 9.49. The van der Waals surface area contributed by atoms with Crippen LogP contribution in [0.2, 0.25) is 0 Å². The van der Waals surface area contributed by atoms with E-state index in [4.69, 9.17) is 9.73 Å². The first kappa shape index (κ1) is 21.8. The van der Waals surface area contributed by atoms with Crippen LogP contribution in [0.15, 0.2) is 35.3 Å². The van der Waals surface area contributed by atoms with E-state index in [0.29, 0.717) is 18.3 Å². The zero-order valence-electron chi connectivity index (χ0n) is 16.2. The minimum absolute atomic E-state index is 0. The molecule has 0 spiro atoms. The van der Waals surface area contributed by atoms with Crippen molar-refractivity contribution in [3.63, 3.8) is 0 Å². The van der Waals surface area contributed by atoms with Crippen molar-refractivity contribution in [3.8, 4) is 11.5 Å². The molecule has 1 aromatic carbocycles. The molecule has 1 aromatic rings. The Morgan fingerprint density at radius 2 is 2.11 bits per heavy atom. The van der Waals surface area contributed by atoms with Crippen LogP contribution >= 0.6 is 24.0 Å². The number of aromatic hydroxyl groups is 1. The maximum absolute atomic E-state index is 9.70. The van der Waals surface area contributed by atoms with Gasteiger partial charge in [0.1, 0.15) is 0 Å². The van der Waals surface area contributed by atoms with Crippen LogP contribution in [0.5, 0.6) is 11.5 Å². The molecule has 27 heavy (non-hydrogen) atoms. The molecule has 3 rings (SSSR count). The van der Waals surface area contributed by atoms with Gasteiger partial charge in [0.25, 0.3) is 0 Å². The number of likely N-dealkylation sites (tertiary alicyclic amines) is 1. The van der Waals surface area contributed by atoms with Crippen molar-refractivity contribution in [1.82, 2.24) is 15.1 Å². The molecule has 1 unspecified atom stereocenters. The summed E-state index contributed by atoms with van der Waals surface area (Å²) in [6, 6.07) is 6.10. The summed E-state index contributed by atoms with van der Waals surface area (Å²) in [7, 11) is 1.57. The smallest absolute Gasteiger partial charge is 0.193 e. The average molecular weight is 486 g/mol. The number of hydrogen-bond donors (Lipinski definition) is 2. The SMILES string of the molecule is CCNC(=NCCc1ccc(O)c(OC)c1)N1CCC(N2CC=CC2)C1.I. The number of rotatable bonds is 6. The molecular weight excluding hydrogens is 455 g/mol. The highest BCUT2D eigenvalue weighted by Gasteiger charge is 2.29. The summed E-state index contributed by atoms with van der Waals surface area (Å²) in [4.78, 5) is 9.74. The number of nitrogens with one attached hydrogen (secondary N) is 1. The highest BCUT2D eigenvalue weighted by atomic mass is 127. The largest absolute Gasteiger partial charge is 0.504 e. The molecule has 2 aliphatic heterocycles. The van der Waals surface area contributed by atoms with Crippen molar-refractivity contribution in [2.45, 2.75) is 25.8 Å². The Kier molecular flexibility index (Phi) is 8.69. The number of methoxy groups -OCH3 is 1. The summed E-state index contributed by atoms with van der Waals surface area (Å²) in [5, 5.41) is 13.1. The van der Waals surface area contributed by atoms with E-state index < -0.39 is 0 Å². The van der Waals surface area contributed by atoms with Crippen LogP contribution in [0, 0.1) is 0 Å². The predicted molar refractivity (Wildman–Crippen MR) is 120 cm³/mol. The molecule has 0 saturated carbocycles. The number of phenolic OH excluding ortho intramolecular Hbond substituents is 1. The number of ether oxygens (including phenoxy) is 1. The van der Waals surface area contributed by atoms with Gasteiger partial charge in [0.05, 0.1) is 7.11 Å². The third-order valence-corrected chi connectivity index (χ3v) is 5.07. The van der Waals surface area contributed by atoms with E-state index in [1.807, 2.05) is 12.1 Å². The van der Waals surface area contributed by atoms with Gasteiger partial charge in [0, 0.05) is 45.3 Å². The fourth-order valence-electron chi connectivity index (χ4n) is 3.62. The zero-order chi connectivity index (χ0) is 18.4. The van der Waals surface area contributed by atoms with Crippen LogP contribution in [0.3, 0.4) is 0 Å². The van der Waals surface area contributed by atoms with Crippen molar-refractivity contribution >= 4 is 29.9 Å². The van der Waals surface area contributed by atoms with Gasteiger partial charge in [-0.05, 0) is 37.5 Å². The first-order valence-electron chi connectivity index (χ1n) is 9.49. The fourth-order valence-corrected chi connectivity index (χ4v) is 3.62. The van der Waals surface area contributed by atoms with E-state index in [0.717, 1.165) is 50.7 Å². The summed E-state index contributed by atoms with van der Waals surface area (Å²) in [5.74, 6) is 1.69. The molecule has 6 nitrogen and oxygen atoms in total. The van der Waals surface area contributed by atoms with Gasteiger partial charge < -0.3 is 20.1 Å². The van der Waals surface area contributed by atoms with Gasteiger partial charge in [-0.15, -0.1) is 24.0 Å². The van der Waals surface area contributed by atoms with Crippen LogP contribution in [0.1, 0.15) is 18.9 Å². The van der Waals surface area contributed by atoms with E-state index in [1.54, 1.807) is 13.2 Å². The lowest BCUT2D eigenvalue weighted by Crippen LogP contribution is -2.43. The van der Waals surface area contributed by atoms with Crippen LogP contribution in [0.25, 0.3) is 0 Å². The van der Waals surface area contributed by atoms with Gasteiger partial charge in [0.15, 0.2) is 17.5 Å². The van der Waals surface area contributed by atoms with Crippen LogP contribution in [-0.2, 0) is 6.42 Å². The Morgan fingerprint density at radius 3 is 2.81 bits per heavy atom. The second-order valence-electron chi connectivity index (χ2n) is 6.81. The summed E-state index contributed by atoms with van der Waals surface area (Å²) < 4.78 is 5.18. The Balaban J connectivity index is 0.00000261. The number of guanidine groups is 1. The van der Waals surface area contributed by atoms with Gasteiger partial charge in [-0.3, -0.25) is 9.89 Å². The quantitative estimate of drug-likeness (QED) is 0.280. The topological polar surface area (TPSA) is 60.3 Å². The molecule has 150 valence electrons. The minimum Gasteiger partial charge on any atom is -0.504 e. The monoisotopic (exact) mass is 486 g/mol. The second-order valence-corrected chi connectivity index (χ2v) is 6.81. The molecule has 7 heteroatoms. The van der Waals surface area contributed by atoms with Gasteiger partial charge >= 0.3 is 0 Å². The maximum atomic E-state index is 9.70. The van der Waals surface area contributed by atoms with Crippen molar-refractivity contribution < 1.29 is 9.84 Å². The van der Waals surface area contributed by atoms with E-state index in [9.17, 15) is 5.11 Å². The van der Waals surface area contributed by atoms with Gasteiger partial charge in [-0.25, -0.2) is 0 Å². The van der Waals surface area contributed by atoms with E-state index in [1.165, 1.54) is 6.42 Å². The molecule has 1 saturated heterocycles. The lowest BCUT2D eigenvalue weighted by Gasteiger charge is -2.25. The highest BCUT2D eigenvalue weighted by Crippen LogP contribution is 2.26. The number of benzene rings is 1. The summed E-state index contributed by atoms with van der Waals surface area (Å²) in [6.45, 7) is 7.95. The molecule has 2 aliphatic rings. The van der Waals surface area contributed by atoms with Crippen molar-refractivity contribution in [2.75, 3.05) is 46.4 Å². The molecule has 0 amide bonds. The Labute approximate surface area is 179 Å². The molecule has 2 N–H and O–H groups in total. The van der Waals surface area contributed by atoms with Crippen LogP contribution < -0.4 is 10.1 Å². The van der Waals surface area contributed by atoms with E-state index in [-0.39, 0.29) is 29.7 Å². The molecular formula is C20H31IN4O2. The minimum atomic E-state index is 0. The number of nitrogens with zero attached hydrogens (tertiary/aromatic N) is 3. The fraction of sp³-hybridized carbons (Fsp3) is 0.550. The number of aliphatic imine (C=N–C) groups is 1. The average Bonchev–Trinajstić information content (AvgIpc) is 3.34. The Bertz CT molecular complexity index is 657. The molecule has 2 heterocycles. The van der Waals surface area contributed by atoms with Crippen molar-refractivity contribution in [2.24, 2.45) is 4.99 Å². The van der Waals surface area contributed by atoms with Gasteiger partial charge in [-0.1, -0.05) is 18.2 Å². The molecule has 0 radical (unpaired) electrons. The Morgan fingerprint density at radius 1 is 1.33 bits per heavy atom. The molecule has 0 aromatic heterocycles. The van der Waals surface area contributed by atoms with E-state index >= 15 is 0 Å². The molecule has 1 atom stereocenters. The number of phenols is 1. The van der Waals surface area contributed by atoms with Crippen molar-refractivity contribution in [1.29, 1.82) is 0 Å².